The third-order valence-corrected chi connectivity index (χ3v) is 5.19. The predicted octanol–water partition coefficient (Wildman–Crippen LogP) is 3.46. The van der Waals surface area contributed by atoms with E-state index >= 15 is 0 Å². The molecule has 0 bridgehead atoms. The van der Waals surface area contributed by atoms with Crippen molar-refractivity contribution in [2.45, 2.75) is 19.4 Å². The molecule has 1 aliphatic rings. The Morgan fingerprint density at radius 3 is 1.94 bits per heavy atom. The van der Waals surface area contributed by atoms with Gasteiger partial charge in [0, 0.05) is 29.0 Å². The molecule has 0 heterocycles. The minimum absolute atomic E-state index is 0.182. The van der Waals surface area contributed by atoms with E-state index in [1.165, 1.54) is 11.1 Å². The van der Waals surface area contributed by atoms with E-state index in [2.05, 4.69) is 16.0 Å². The zero-order valence-corrected chi connectivity index (χ0v) is 16.8. The van der Waals surface area contributed by atoms with E-state index < -0.39 is 6.03 Å². The van der Waals surface area contributed by atoms with E-state index in [0.717, 1.165) is 18.4 Å². The molecular weight excluding hydrogens is 392 g/mol. The Bertz CT molecular complexity index is 1160. The second-order valence-corrected chi connectivity index (χ2v) is 7.39. The van der Waals surface area contributed by atoms with E-state index in [9.17, 15) is 14.4 Å². The van der Waals surface area contributed by atoms with Gasteiger partial charge in [0.25, 0.3) is 11.8 Å². The van der Waals surface area contributed by atoms with Gasteiger partial charge in [-0.3, -0.25) is 9.59 Å². The standard InChI is InChI=1S/C24H22N4O3/c25-24(31)26-14-15-4-6-17(7-5-15)22(29)27-20-2-1-3-21(13-20)28-23(30)19-11-9-16-8-10-18(16)12-19/h1-7,9,11-13H,8,10,14H2,(H,27,29)(H,28,30)(H3,25,26,31). The fourth-order valence-electron chi connectivity index (χ4n) is 3.38. The first-order valence-corrected chi connectivity index (χ1v) is 9.95. The van der Waals surface area contributed by atoms with Gasteiger partial charge in [0.1, 0.15) is 0 Å². The molecule has 1 aliphatic carbocycles. The molecule has 7 nitrogen and oxygen atoms in total. The maximum atomic E-state index is 12.6. The monoisotopic (exact) mass is 414 g/mol. The number of amides is 4. The van der Waals surface area contributed by atoms with Gasteiger partial charge in [-0.05, 0) is 72.0 Å². The summed E-state index contributed by atoms with van der Waals surface area (Å²) in [6.07, 6.45) is 2.09. The topological polar surface area (TPSA) is 113 Å². The highest BCUT2D eigenvalue weighted by atomic mass is 16.2. The molecule has 0 aliphatic heterocycles. The molecule has 0 fully saturated rings. The first-order valence-electron chi connectivity index (χ1n) is 9.95. The zero-order valence-electron chi connectivity index (χ0n) is 16.8. The second-order valence-electron chi connectivity index (χ2n) is 7.39. The molecule has 0 atom stereocenters. The molecule has 4 rings (SSSR count). The molecule has 7 heteroatoms. The SMILES string of the molecule is NC(=O)NCc1ccc(C(=O)Nc2cccc(NC(=O)c3ccc4c(c3)CC4)c2)cc1. The summed E-state index contributed by atoms with van der Waals surface area (Å²) in [6, 6.07) is 19.0. The molecule has 0 saturated heterocycles. The number of rotatable bonds is 6. The molecule has 4 amide bonds. The predicted molar refractivity (Wildman–Crippen MR) is 119 cm³/mol. The molecule has 0 aromatic heterocycles. The summed E-state index contributed by atoms with van der Waals surface area (Å²) >= 11 is 0. The van der Waals surface area contributed by atoms with Crippen molar-refractivity contribution in [2.75, 3.05) is 10.6 Å². The van der Waals surface area contributed by atoms with Crippen molar-refractivity contribution in [3.63, 3.8) is 0 Å². The van der Waals surface area contributed by atoms with Crippen molar-refractivity contribution in [3.8, 4) is 0 Å². The summed E-state index contributed by atoms with van der Waals surface area (Å²) in [5.74, 6) is -0.460. The van der Waals surface area contributed by atoms with Crippen LogP contribution in [0.4, 0.5) is 16.2 Å². The third kappa shape index (κ3) is 4.90. The van der Waals surface area contributed by atoms with Gasteiger partial charge in [0.15, 0.2) is 0 Å². The highest BCUT2D eigenvalue weighted by Gasteiger charge is 2.16. The summed E-state index contributed by atoms with van der Waals surface area (Å²) in [6.45, 7) is 0.295. The van der Waals surface area contributed by atoms with Crippen LogP contribution in [0.2, 0.25) is 0 Å². The van der Waals surface area contributed by atoms with Crippen LogP contribution in [0.1, 0.15) is 37.4 Å². The Kier molecular flexibility index (Phi) is 5.66. The smallest absolute Gasteiger partial charge is 0.312 e. The number of nitrogens with two attached hydrogens (primary N) is 1. The lowest BCUT2D eigenvalue weighted by Gasteiger charge is -2.19. The molecule has 0 saturated carbocycles. The van der Waals surface area contributed by atoms with Crippen molar-refractivity contribution < 1.29 is 14.4 Å². The molecule has 156 valence electrons. The lowest BCUT2D eigenvalue weighted by atomic mass is 9.87. The van der Waals surface area contributed by atoms with Crippen LogP contribution in [0.3, 0.4) is 0 Å². The molecule has 3 aromatic rings. The molecule has 31 heavy (non-hydrogen) atoms. The van der Waals surface area contributed by atoms with Gasteiger partial charge >= 0.3 is 6.03 Å². The number of carbonyl (C=O) groups is 3. The largest absolute Gasteiger partial charge is 0.352 e. The van der Waals surface area contributed by atoms with Crippen molar-refractivity contribution in [3.05, 3.63) is 94.5 Å². The Hall–Kier alpha value is -4.13. The molecule has 5 N–H and O–H groups in total. The van der Waals surface area contributed by atoms with E-state index in [1.807, 2.05) is 18.2 Å². The summed E-state index contributed by atoms with van der Waals surface area (Å²) in [5, 5.41) is 8.20. The summed E-state index contributed by atoms with van der Waals surface area (Å²) < 4.78 is 0. The van der Waals surface area contributed by atoms with Crippen molar-refractivity contribution in [2.24, 2.45) is 5.73 Å². The van der Waals surface area contributed by atoms with Gasteiger partial charge < -0.3 is 21.7 Å². The van der Waals surface area contributed by atoms with Gasteiger partial charge in [-0.1, -0.05) is 24.3 Å². The highest BCUT2D eigenvalue weighted by Crippen LogP contribution is 2.24. The summed E-state index contributed by atoms with van der Waals surface area (Å²) in [7, 11) is 0. The van der Waals surface area contributed by atoms with Gasteiger partial charge in [-0.2, -0.15) is 0 Å². The van der Waals surface area contributed by atoms with Crippen LogP contribution in [0.25, 0.3) is 0 Å². The Labute approximate surface area is 179 Å². The van der Waals surface area contributed by atoms with Gasteiger partial charge in [0.2, 0.25) is 0 Å². The summed E-state index contributed by atoms with van der Waals surface area (Å²) in [5.41, 5.74) is 10.7. The number of anilines is 2. The minimum Gasteiger partial charge on any atom is -0.352 e. The van der Waals surface area contributed by atoms with Crippen LogP contribution in [-0.2, 0) is 19.4 Å². The van der Waals surface area contributed by atoms with Gasteiger partial charge in [0.05, 0.1) is 0 Å². The molecule has 3 aromatic carbocycles. The quantitative estimate of drug-likeness (QED) is 0.495. The fourth-order valence-corrected chi connectivity index (χ4v) is 3.38. The third-order valence-electron chi connectivity index (χ3n) is 5.19. The zero-order chi connectivity index (χ0) is 21.8. The van der Waals surface area contributed by atoms with Crippen LogP contribution in [0.15, 0.2) is 66.7 Å². The number of hydrogen-bond acceptors (Lipinski definition) is 3. The Morgan fingerprint density at radius 1 is 0.742 bits per heavy atom. The molecule has 0 unspecified atom stereocenters. The first kappa shape index (κ1) is 20.2. The molecule has 0 spiro atoms. The number of hydrogen-bond donors (Lipinski definition) is 4. The molecular formula is C24H22N4O3. The van der Waals surface area contributed by atoms with Crippen molar-refractivity contribution in [1.29, 1.82) is 0 Å². The normalized spacial score (nSPS) is 11.6. The number of benzene rings is 3. The van der Waals surface area contributed by atoms with Crippen LogP contribution in [-0.4, -0.2) is 17.8 Å². The van der Waals surface area contributed by atoms with E-state index in [-0.39, 0.29) is 11.8 Å². The van der Waals surface area contributed by atoms with Crippen molar-refractivity contribution in [1.82, 2.24) is 5.32 Å². The van der Waals surface area contributed by atoms with Crippen LogP contribution in [0, 0.1) is 0 Å². The average Bonchev–Trinajstić information content (AvgIpc) is 2.73. The Balaban J connectivity index is 1.38. The van der Waals surface area contributed by atoms with E-state index in [4.69, 9.17) is 5.73 Å². The number of aryl methyl sites for hydroxylation is 2. The number of urea groups is 1. The van der Waals surface area contributed by atoms with E-state index in [0.29, 0.717) is 29.0 Å². The van der Waals surface area contributed by atoms with E-state index in [1.54, 1.807) is 48.5 Å². The van der Waals surface area contributed by atoms with Crippen LogP contribution < -0.4 is 21.7 Å². The van der Waals surface area contributed by atoms with Crippen LogP contribution >= 0.6 is 0 Å². The van der Waals surface area contributed by atoms with Crippen molar-refractivity contribution >= 4 is 29.2 Å². The maximum absolute atomic E-state index is 12.6. The second kappa shape index (κ2) is 8.71. The number of primary amides is 1. The lowest BCUT2D eigenvalue weighted by molar-refractivity contribution is 0.101. The fraction of sp³-hybridized carbons (Fsp3) is 0.125. The first-order chi connectivity index (χ1) is 15.0. The number of nitrogens with one attached hydrogen (secondary N) is 3. The summed E-state index contributed by atoms with van der Waals surface area (Å²) in [4.78, 5) is 35.9. The van der Waals surface area contributed by atoms with Gasteiger partial charge in [-0.25, -0.2) is 4.79 Å². The lowest BCUT2D eigenvalue weighted by Crippen LogP contribution is -2.28. The highest BCUT2D eigenvalue weighted by molar-refractivity contribution is 6.06. The molecule has 0 radical (unpaired) electrons. The van der Waals surface area contributed by atoms with Crippen LogP contribution in [0.5, 0.6) is 0 Å². The maximum Gasteiger partial charge on any atom is 0.312 e. The Morgan fingerprint density at radius 2 is 1.35 bits per heavy atom. The number of carbonyl (C=O) groups excluding carboxylic acids is 3. The minimum atomic E-state index is -0.602. The number of fused-ring (bicyclic) bond motifs is 1. The average molecular weight is 414 g/mol. The van der Waals surface area contributed by atoms with Gasteiger partial charge in [-0.15, -0.1) is 0 Å².